The van der Waals surface area contributed by atoms with E-state index in [0.29, 0.717) is 19.0 Å². The summed E-state index contributed by atoms with van der Waals surface area (Å²) in [6, 6.07) is 0.204. The van der Waals surface area contributed by atoms with E-state index in [1.54, 1.807) is 6.92 Å². The number of nitrogens with two attached hydrogens (primary N) is 1. The van der Waals surface area contributed by atoms with Crippen molar-refractivity contribution >= 4 is 17.8 Å². The Morgan fingerprint density at radius 2 is 2.00 bits per heavy atom. The van der Waals surface area contributed by atoms with Crippen LogP contribution >= 0.6 is 0 Å². The maximum absolute atomic E-state index is 11.4. The number of carbonyl (C=O) groups is 1. The number of methoxy groups -OCH3 is 1. The third-order valence-corrected chi connectivity index (χ3v) is 3.03. The second-order valence-corrected chi connectivity index (χ2v) is 4.33. The summed E-state index contributed by atoms with van der Waals surface area (Å²) in [6.45, 7) is 4.44. The van der Waals surface area contributed by atoms with Crippen molar-refractivity contribution in [1.29, 1.82) is 0 Å². The van der Waals surface area contributed by atoms with Crippen LogP contribution < -0.4 is 15.4 Å². The minimum absolute atomic E-state index is 0.0922. The molecule has 104 valence electrons. The van der Waals surface area contributed by atoms with Crippen LogP contribution in [-0.2, 0) is 4.79 Å². The quantitative estimate of drug-likeness (QED) is 0.772. The van der Waals surface area contributed by atoms with Crippen molar-refractivity contribution in [2.24, 2.45) is 0 Å². The molecule has 1 aromatic heterocycles. The zero-order chi connectivity index (χ0) is 13.8. The number of hydrogen-bond acceptors (Lipinski definition) is 7. The van der Waals surface area contributed by atoms with Gasteiger partial charge in [0.15, 0.2) is 0 Å². The van der Waals surface area contributed by atoms with Crippen molar-refractivity contribution in [2.45, 2.75) is 13.3 Å². The Morgan fingerprint density at radius 3 is 2.68 bits per heavy atom. The molecule has 0 atom stereocenters. The van der Waals surface area contributed by atoms with Gasteiger partial charge in [-0.15, -0.1) is 0 Å². The van der Waals surface area contributed by atoms with Gasteiger partial charge in [0.25, 0.3) is 0 Å². The van der Waals surface area contributed by atoms with Crippen molar-refractivity contribution in [3.8, 4) is 6.01 Å². The van der Waals surface area contributed by atoms with E-state index in [1.165, 1.54) is 7.11 Å². The zero-order valence-electron chi connectivity index (χ0n) is 11.2. The van der Waals surface area contributed by atoms with E-state index in [-0.39, 0.29) is 17.9 Å². The first-order chi connectivity index (χ1) is 9.10. The molecule has 1 aliphatic heterocycles. The number of rotatable bonds is 2. The summed E-state index contributed by atoms with van der Waals surface area (Å²) in [4.78, 5) is 27.3. The van der Waals surface area contributed by atoms with Crippen LogP contribution in [-0.4, -0.2) is 59.0 Å². The molecule has 0 bridgehead atoms. The van der Waals surface area contributed by atoms with Gasteiger partial charge in [-0.3, -0.25) is 4.79 Å². The number of carbonyl (C=O) groups excluding carboxylic acids is 1. The van der Waals surface area contributed by atoms with Gasteiger partial charge >= 0.3 is 6.01 Å². The van der Waals surface area contributed by atoms with Crippen LogP contribution in [0.1, 0.15) is 13.3 Å². The molecule has 8 heteroatoms. The summed E-state index contributed by atoms with van der Waals surface area (Å²) in [6.07, 6.45) is 0.869. The lowest BCUT2D eigenvalue weighted by atomic mass is 10.4. The Kier molecular flexibility index (Phi) is 3.98. The molecule has 19 heavy (non-hydrogen) atoms. The van der Waals surface area contributed by atoms with Crippen molar-refractivity contribution in [1.82, 2.24) is 19.9 Å². The molecular weight excluding hydrogens is 248 g/mol. The lowest BCUT2D eigenvalue weighted by Gasteiger charge is -2.21. The van der Waals surface area contributed by atoms with Crippen LogP contribution in [0.2, 0.25) is 0 Å². The number of nitrogen functional groups attached to an aromatic ring is 1. The Balaban J connectivity index is 2.13. The molecule has 2 heterocycles. The SMILES string of the molecule is COc1nc(N)nc(N2CCCN(C(C)=O)CC2)n1. The van der Waals surface area contributed by atoms with Crippen molar-refractivity contribution in [3.63, 3.8) is 0 Å². The predicted molar refractivity (Wildman–Crippen MR) is 69.9 cm³/mol. The van der Waals surface area contributed by atoms with E-state index in [9.17, 15) is 4.79 Å². The van der Waals surface area contributed by atoms with E-state index in [0.717, 1.165) is 19.5 Å². The highest BCUT2D eigenvalue weighted by molar-refractivity contribution is 5.73. The zero-order valence-corrected chi connectivity index (χ0v) is 11.2. The van der Waals surface area contributed by atoms with Gasteiger partial charge in [-0.1, -0.05) is 0 Å². The molecule has 2 N–H and O–H groups in total. The van der Waals surface area contributed by atoms with Crippen LogP contribution in [0.4, 0.5) is 11.9 Å². The lowest BCUT2D eigenvalue weighted by molar-refractivity contribution is -0.128. The summed E-state index contributed by atoms with van der Waals surface area (Å²) in [5.41, 5.74) is 5.62. The first kappa shape index (κ1) is 13.3. The average Bonchev–Trinajstić information content (AvgIpc) is 2.63. The fraction of sp³-hybridized carbons (Fsp3) is 0.636. The third kappa shape index (κ3) is 3.21. The van der Waals surface area contributed by atoms with Crippen molar-refractivity contribution < 1.29 is 9.53 Å². The topological polar surface area (TPSA) is 97.5 Å². The summed E-state index contributed by atoms with van der Waals surface area (Å²) < 4.78 is 4.98. The first-order valence-electron chi connectivity index (χ1n) is 6.16. The Morgan fingerprint density at radius 1 is 1.21 bits per heavy atom. The van der Waals surface area contributed by atoms with Crippen molar-refractivity contribution in [2.75, 3.05) is 43.9 Å². The van der Waals surface area contributed by atoms with Crippen molar-refractivity contribution in [3.05, 3.63) is 0 Å². The van der Waals surface area contributed by atoms with E-state index < -0.39 is 0 Å². The fourth-order valence-electron chi connectivity index (χ4n) is 2.03. The van der Waals surface area contributed by atoms with Gasteiger partial charge in [0.1, 0.15) is 0 Å². The number of nitrogens with zero attached hydrogens (tertiary/aromatic N) is 5. The minimum Gasteiger partial charge on any atom is -0.467 e. The number of amides is 1. The van der Waals surface area contributed by atoms with Gasteiger partial charge in [-0.05, 0) is 6.42 Å². The van der Waals surface area contributed by atoms with E-state index >= 15 is 0 Å². The summed E-state index contributed by atoms with van der Waals surface area (Å²) in [5, 5.41) is 0. The van der Waals surface area contributed by atoms with Gasteiger partial charge in [0.2, 0.25) is 17.8 Å². The van der Waals surface area contributed by atoms with E-state index in [2.05, 4.69) is 15.0 Å². The van der Waals surface area contributed by atoms with Crippen LogP contribution in [0.15, 0.2) is 0 Å². The number of aromatic nitrogens is 3. The number of anilines is 2. The highest BCUT2D eigenvalue weighted by Gasteiger charge is 2.19. The molecular formula is C11H18N6O2. The first-order valence-corrected chi connectivity index (χ1v) is 6.16. The van der Waals surface area contributed by atoms with Gasteiger partial charge in [-0.2, -0.15) is 15.0 Å². The Hall–Kier alpha value is -2.12. The standard InChI is InChI=1S/C11H18N6O2/c1-8(18)16-4-3-5-17(7-6-16)10-13-9(12)14-11(15-10)19-2/h3-7H2,1-2H3,(H2,12,13,14,15). The Labute approximate surface area is 111 Å². The minimum atomic E-state index is 0.0922. The van der Waals surface area contributed by atoms with Crippen LogP contribution in [0, 0.1) is 0 Å². The highest BCUT2D eigenvalue weighted by Crippen LogP contribution is 2.15. The second kappa shape index (κ2) is 5.68. The molecule has 0 unspecified atom stereocenters. The molecule has 1 fully saturated rings. The monoisotopic (exact) mass is 266 g/mol. The summed E-state index contributed by atoms with van der Waals surface area (Å²) in [7, 11) is 1.48. The molecule has 0 aromatic carbocycles. The normalized spacial score (nSPS) is 16.1. The molecule has 0 spiro atoms. The molecule has 0 aliphatic carbocycles. The Bertz CT molecular complexity index is 466. The fourth-order valence-corrected chi connectivity index (χ4v) is 2.03. The smallest absolute Gasteiger partial charge is 0.322 e. The molecule has 0 radical (unpaired) electrons. The number of hydrogen-bond donors (Lipinski definition) is 1. The van der Waals surface area contributed by atoms with E-state index in [4.69, 9.17) is 10.5 Å². The molecule has 1 amide bonds. The van der Waals surface area contributed by atoms with Gasteiger partial charge in [-0.25, -0.2) is 0 Å². The molecule has 2 rings (SSSR count). The van der Waals surface area contributed by atoms with Gasteiger partial charge in [0.05, 0.1) is 7.11 Å². The van der Waals surface area contributed by atoms with Gasteiger partial charge in [0, 0.05) is 33.1 Å². The second-order valence-electron chi connectivity index (χ2n) is 4.33. The summed E-state index contributed by atoms with van der Waals surface area (Å²) >= 11 is 0. The number of ether oxygens (including phenoxy) is 1. The maximum atomic E-state index is 11.4. The predicted octanol–water partition coefficient (Wildman–Crippen LogP) is -0.479. The van der Waals surface area contributed by atoms with E-state index in [1.807, 2.05) is 9.80 Å². The molecule has 0 saturated carbocycles. The van der Waals surface area contributed by atoms with Crippen LogP contribution in [0.5, 0.6) is 6.01 Å². The largest absolute Gasteiger partial charge is 0.467 e. The highest BCUT2D eigenvalue weighted by atomic mass is 16.5. The average molecular weight is 266 g/mol. The molecule has 8 nitrogen and oxygen atoms in total. The molecule has 1 aromatic rings. The third-order valence-electron chi connectivity index (χ3n) is 3.03. The maximum Gasteiger partial charge on any atom is 0.322 e. The summed E-state index contributed by atoms with van der Waals surface area (Å²) in [5.74, 6) is 0.721. The lowest BCUT2D eigenvalue weighted by Crippen LogP contribution is -2.34. The van der Waals surface area contributed by atoms with Gasteiger partial charge < -0.3 is 20.3 Å². The van der Waals surface area contributed by atoms with Crippen LogP contribution in [0.25, 0.3) is 0 Å². The molecule has 1 saturated heterocycles. The van der Waals surface area contributed by atoms with Crippen LogP contribution in [0.3, 0.4) is 0 Å². The molecule has 1 aliphatic rings.